The summed E-state index contributed by atoms with van der Waals surface area (Å²) in [5.74, 6) is 1.49. The molecule has 0 saturated carbocycles. The number of methoxy groups -OCH3 is 1. The summed E-state index contributed by atoms with van der Waals surface area (Å²) in [7, 11) is 1.57. The van der Waals surface area contributed by atoms with E-state index in [0.29, 0.717) is 24.5 Å². The van der Waals surface area contributed by atoms with Crippen LogP contribution in [0.25, 0.3) is 0 Å². The van der Waals surface area contributed by atoms with Crippen molar-refractivity contribution in [3.05, 3.63) is 23.8 Å². The molecule has 0 spiro atoms. The highest BCUT2D eigenvalue weighted by Gasteiger charge is 2.23. The van der Waals surface area contributed by atoms with Crippen molar-refractivity contribution in [1.29, 1.82) is 0 Å². The second-order valence-corrected chi connectivity index (χ2v) is 4.19. The van der Waals surface area contributed by atoms with Crippen molar-refractivity contribution in [3.63, 3.8) is 0 Å². The fourth-order valence-electron chi connectivity index (χ4n) is 2.06. The van der Waals surface area contributed by atoms with Crippen LogP contribution in [0.1, 0.15) is 17.9 Å². The minimum absolute atomic E-state index is 0.0448. The van der Waals surface area contributed by atoms with Crippen LogP contribution in [0.5, 0.6) is 11.5 Å². The van der Waals surface area contributed by atoms with E-state index >= 15 is 0 Å². The lowest BCUT2D eigenvalue weighted by molar-refractivity contribution is -0.119. The average molecular weight is 251 g/mol. The van der Waals surface area contributed by atoms with Crippen molar-refractivity contribution in [2.24, 2.45) is 0 Å². The molecule has 1 aromatic carbocycles. The number of aliphatic hydroxyl groups is 1. The highest BCUT2D eigenvalue weighted by atomic mass is 16.5. The van der Waals surface area contributed by atoms with Gasteiger partial charge in [0, 0.05) is 18.9 Å². The van der Waals surface area contributed by atoms with E-state index in [-0.39, 0.29) is 25.0 Å². The van der Waals surface area contributed by atoms with Gasteiger partial charge >= 0.3 is 0 Å². The summed E-state index contributed by atoms with van der Waals surface area (Å²) in [5.41, 5.74) is 1.04. The van der Waals surface area contributed by atoms with Gasteiger partial charge in [-0.3, -0.25) is 4.79 Å². The predicted octanol–water partition coefficient (Wildman–Crippen LogP) is 0.670. The van der Waals surface area contributed by atoms with E-state index in [9.17, 15) is 4.79 Å². The summed E-state index contributed by atoms with van der Waals surface area (Å²) < 4.78 is 10.6. The Morgan fingerprint density at radius 2 is 2.28 bits per heavy atom. The first-order valence-electron chi connectivity index (χ1n) is 5.93. The lowest BCUT2D eigenvalue weighted by Crippen LogP contribution is -2.13. The summed E-state index contributed by atoms with van der Waals surface area (Å²) in [6, 6.07) is 5.64. The Bertz CT molecular complexity index is 433. The molecule has 1 aromatic rings. The van der Waals surface area contributed by atoms with Crippen LogP contribution in [0.15, 0.2) is 18.2 Å². The quantitative estimate of drug-likeness (QED) is 0.807. The van der Waals surface area contributed by atoms with E-state index in [4.69, 9.17) is 14.6 Å². The Hall–Kier alpha value is -1.75. The molecule has 0 bridgehead atoms. The van der Waals surface area contributed by atoms with Crippen LogP contribution in [0.3, 0.4) is 0 Å². The highest BCUT2D eigenvalue weighted by molar-refractivity contribution is 5.79. The number of benzene rings is 1. The van der Waals surface area contributed by atoms with Crippen LogP contribution in [-0.2, 0) is 4.79 Å². The van der Waals surface area contributed by atoms with E-state index < -0.39 is 0 Å². The minimum atomic E-state index is -0.0448. The van der Waals surface area contributed by atoms with Crippen molar-refractivity contribution in [1.82, 2.24) is 5.32 Å². The minimum Gasteiger partial charge on any atom is -0.493 e. The summed E-state index contributed by atoms with van der Waals surface area (Å²) in [6.45, 7) is 0.836. The van der Waals surface area contributed by atoms with E-state index in [1.54, 1.807) is 7.11 Å². The van der Waals surface area contributed by atoms with Gasteiger partial charge in [-0.1, -0.05) is 6.07 Å². The molecule has 1 amide bonds. The largest absolute Gasteiger partial charge is 0.493 e. The van der Waals surface area contributed by atoms with Crippen LogP contribution in [0.2, 0.25) is 0 Å². The van der Waals surface area contributed by atoms with Gasteiger partial charge in [-0.25, -0.2) is 0 Å². The first-order chi connectivity index (χ1) is 8.74. The molecule has 1 atom stereocenters. The molecule has 1 fully saturated rings. The van der Waals surface area contributed by atoms with E-state index in [2.05, 4.69) is 5.32 Å². The Morgan fingerprint density at radius 1 is 1.44 bits per heavy atom. The number of hydrogen-bond donors (Lipinski definition) is 2. The van der Waals surface area contributed by atoms with Crippen LogP contribution >= 0.6 is 0 Å². The number of amides is 1. The molecule has 5 heteroatoms. The lowest BCUT2D eigenvalue weighted by atomic mass is 9.98. The maximum Gasteiger partial charge on any atom is 0.220 e. The zero-order valence-electron chi connectivity index (χ0n) is 10.3. The topological polar surface area (TPSA) is 67.8 Å². The third kappa shape index (κ3) is 2.73. The molecule has 5 nitrogen and oxygen atoms in total. The van der Waals surface area contributed by atoms with Gasteiger partial charge in [0.2, 0.25) is 5.91 Å². The van der Waals surface area contributed by atoms with E-state index in [0.717, 1.165) is 5.56 Å². The molecule has 2 rings (SSSR count). The number of carbonyl (C=O) groups is 1. The smallest absolute Gasteiger partial charge is 0.220 e. The summed E-state index contributed by atoms with van der Waals surface area (Å²) in [4.78, 5) is 11.2. The first kappa shape index (κ1) is 12.7. The Kier molecular flexibility index (Phi) is 4.04. The molecule has 1 heterocycles. The van der Waals surface area contributed by atoms with Gasteiger partial charge in [-0.05, 0) is 17.7 Å². The molecule has 2 N–H and O–H groups in total. The monoisotopic (exact) mass is 251 g/mol. The molecule has 18 heavy (non-hydrogen) atoms. The highest BCUT2D eigenvalue weighted by Crippen LogP contribution is 2.32. The molecule has 0 aromatic heterocycles. The zero-order valence-corrected chi connectivity index (χ0v) is 10.3. The molecule has 0 radical (unpaired) electrons. The van der Waals surface area contributed by atoms with Crippen LogP contribution < -0.4 is 14.8 Å². The van der Waals surface area contributed by atoms with Crippen molar-refractivity contribution in [3.8, 4) is 11.5 Å². The van der Waals surface area contributed by atoms with Gasteiger partial charge < -0.3 is 19.9 Å². The number of carbonyl (C=O) groups excluding carboxylic acids is 1. The molecule has 1 saturated heterocycles. The standard InChI is InChI=1S/C13H17NO4/c1-17-11-3-2-9(6-12(11)18-5-4-15)10-7-13(16)14-8-10/h2-3,6,10,15H,4-5,7-8H2,1H3,(H,14,16). The number of rotatable bonds is 5. The number of hydrogen-bond acceptors (Lipinski definition) is 4. The number of aliphatic hydroxyl groups excluding tert-OH is 1. The third-order valence-electron chi connectivity index (χ3n) is 2.99. The fraction of sp³-hybridized carbons (Fsp3) is 0.462. The SMILES string of the molecule is COc1ccc(C2CNC(=O)C2)cc1OCCO. The maximum atomic E-state index is 11.2. The molecule has 1 unspecified atom stereocenters. The molecule has 1 aliphatic heterocycles. The number of ether oxygens (including phenoxy) is 2. The molecular formula is C13H17NO4. The van der Waals surface area contributed by atoms with Crippen molar-refractivity contribution < 1.29 is 19.4 Å². The Morgan fingerprint density at radius 3 is 2.89 bits per heavy atom. The van der Waals surface area contributed by atoms with Gasteiger partial charge in [0.1, 0.15) is 6.61 Å². The van der Waals surface area contributed by atoms with E-state index in [1.165, 1.54) is 0 Å². The zero-order chi connectivity index (χ0) is 13.0. The molecule has 0 aliphatic carbocycles. The summed E-state index contributed by atoms with van der Waals surface area (Å²) in [6.07, 6.45) is 0.506. The summed E-state index contributed by atoms with van der Waals surface area (Å²) in [5, 5.41) is 11.6. The Labute approximate surface area is 106 Å². The normalized spacial score (nSPS) is 18.6. The van der Waals surface area contributed by atoms with Gasteiger partial charge in [0.15, 0.2) is 11.5 Å². The van der Waals surface area contributed by atoms with Crippen molar-refractivity contribution in [2.75, 3.05) is 26.9 Å². The molecule has 1 aliphatic rings. The third-order valence-corrected chi connectivity index (χ3v) is 2.99. The van der Waals surface area contributed by atoms with Gasteiger partial charge in [0.05, 0.1) is 13.7 Å². The van der Waals surface area contributed by atoms with Crippen LogP contribution in [0.4, 0.5) is 0 Å². The fourth-order valence-corrected chi connectivity index (χ4v) is 2.06. The van der Waals surface area contributed by atoms with Gasteiger partial charge in [-0.2, -0.15) is 0 Å². The Balaban J connectivity index is 2.19. The van der Waals surface area contributed by atoms with E-state index in [1.807, 2.05) is 18.2 Å². The second-order valence-electron chi connectivity index (χ2n) is 4.19. The summed E-state index contributed by atoms with van der Waals surface area (Å²) >= 11 is 0. The number of nitrogens with one attached hydrogen (secondary N) is 1. The maximum absolute atomic E-state index is 11.2. The van der Waals surface area contributed by atoms with Crippen molar-refractivity contribution in [2.45, 2.75) is 12.3 Å². The van der Waals surface area contributed by atoms with Gasteiger partial charge in [0.25, 0.3) is 0 Å². The van der Waals surface area contributed by atoms with Crippen LogP contribution in [0, 0.1) is 0 Å². The van der Waals surface area contributed by atoms with Crippen molar-refractivity contribution >= 4 is 5.91 Å². The second kappa shape index (κ2) is 5.73. The molecule has 98 valence electrons. The average Bonchev–Trinajstić information content (AvgIpc) is 2.82. The molecular weight excluding hydrogens is 234 g/mol. The predicted molar refractivity (Wildman–Crippen MR) is 65.9 cm³/mol. The first-order valence-corrected chi connectivity index (χ1v) is 5.93. The lowest BCUT2D eigenvalue weighted by Gasteiger charge is -2.14. The van der Waals surface area contributed by atoms with Gasteiger partial charge in [-0.15, -0.1) is 0 Å². The van der Waals surface area contributed by atoms with Crippen LogP contribution in [-0.4, -0.2) is 37.9 Å².